The summed E-state index contributed by atoms with van der Waals surface area (Å²) >= 11 is 23.7. The molecule has 0 aliphatic rings. The third-order valence-corrected chi connectivity index (χ3v) is 4.95. The van der Waals surface area contributed by atoms with Crippen LogP contribution in [0.1, 0.15) is 77.0 Å². The Balaban J connectivity index is 3.49. The molecule has 142 valence electrons. The highest BCUT2D eigenvalue weighted by molar-refractivity contribution is 6.49. The zero-order valence-electron chi connectivity index (χ0n) is 13.7. The van der Waals surface area contributed by atoms with Crippen molar-refractivity contribution in [2.45, 2.75) is 85.7 Å². The molecule has 0 aliphatic heterocycles. The van der Waals surface area contributed by atoms with E-state index in [0.29, 0.717) is 12.8 Å². The van der Waals surface area contributed by atoms with Gasteiger partial charge in [0.15, 0.2) is 0 Å². The number of halogens is 4. The van der Waals surface area contributed by atoms with Crippen LogP contribution < -0.4 is 0 Å². The molecule has 0 rings (SSSR count). The molecule has 0 bridgehead atoms. The van der Waals surface area contributed by atoms with E-state index < -0.39 is 20.6 Å². The van der Waals surface area contributed by atoms with Crippen LogP contribution in [-0.2, 0) is 9.59 Å². The van der Waals surface area contributed by atoms with Crippen molar-refractivity contribution in [2.75, 3.05) is 0 Å². The summed E-state index contributed by atoms with van der Waals surface area (Å²) < 4.78 is -2.34. The van der Waals surface area contributed by atoms with Gasteiger partial charge in [0.05, 0.1) is 12.8 Å². The van der Waals surface area contributed by atoms with Crippen molar-refractivity contribution < 1.29 is 19.8 Å². The molecule has 0 aromatic carbocycles. The Morgan fingerprint density at radius 3 is 1.08 bits per heavy atom. The number of carbonyl (C=O) groups is 2. The van der Waals surface area contributed by atoms with E-state index in [2.05, 4.69) is 0 Å². The molecule has 0 saturated carbocycles. The van der Waals surface area contributed by atoms with Crippen molar-refractivity contribution >= 4 is 58.3 Å². The average molecular weight is 424 g/mol. The first-order valence-electron chi connectivity index (χ1n) is 8.23. The quantitative estimate of drug-likeness (QED) is 0.243. The van der Waals surface area contributed by atoms with Gasteiger partial charge in [0.2, 0.25) is 0 Å². The van der Waals surface area contributed by atoms with Gasteiger partial charge in [-0.1, -0.05) is 51.4 Å². The molecule has 0 heterocycles. The first kappa shape index (κ1) is 24.1. The van der Waals surface area contributed by atoms with Crippen LogP contribution in [-0.4, -0.2) is 30.8 Å². The minimum absolute atomic E-state index is 0.235. The maximum atomic E-state index is 10.6. The molecular weight excluding hydrogens is 398 g/mol. The first-order chi connectivity index (χ1) is 11.0. The predicted molar refractivity (Wildman–Crippen MR) is 99.5 cm³/mol. The molecule has 0 spiro atoms. The van der Waals surface area contributed by atoms with Gasteiger partial charge in [0, 0.05) is 0 Å². The highest BCUT2D eigenvalue weighted by Gasteiger charge is 2.27. The summed E-state index contributed by atoms with van der Waals surface area (Å²) in [6, 6.07) is 0. The van der Waals surface area contributed by atoms with Gasteiger partial charge >= 0.3 is 11.9 Å². The lowest BCUT2D eigenvalue weighted by Crippen LogP contribution is -2.18. The van der Waals surface area contributed by atoms with Crippen LogP contribution in [0.25, 0.3) is 0 Å². The van der Waals surface area contributed by atoms with Gasteiger partial charge in [0.1, 0.15) is 8.67 Å². The Morgan fingerprint density at radius 1 is 0.583 bits per heavy atom. The van der Waals surface area contributed by atoms with Gasteiger partial charge in [-0.3, -0.25) is 9.59 Å². The van der Waals surface area contributed by atoms with E-state index in [0.717, 1.165) is 51.4 Å². The topological polar surface area (TPSA) is 74.6 Å². The molecular formula is C16H26Cl4O4. The van der Waals surface area contributed by atoms with Crippen LogP contribution in [0.4, 0.5) is 0 Å². The number of hydrogen-bond donors (Lipinski definition) is 2. The summed E-state index contributed by atoms with van der Waals surface area (Å²) in [5, 5.41) is 17.3. The van der Waals surface area contributed by atoms with E-state index in [1.807, 2.05) is 0 Å². The molecule has 4 nitrogen and oxygen atoms in total. The minimum Gasteiger partial charge on any atom is -0.481 e. The molecule has 0 aliphatic carbocycles. The fourth-order valence-electron chi connectivity index (χ4n) is 2.45. The van der Waals surface area contributed by atoms with Gasteiger partial charge in [-0.25, -0.2) is 0 Å². The van der Waals surface area contributed by atoms with Crippen LogP contribution >= 0.6 is 46.4 Å². The molecule has 8 heteroatoms. The lowest BCUT2D eigenvalue weighted by atomic mass is 10.0. The average Bonchev–Trinajstić information content (AvgIpc) is 2.37. The molecule has 0 fully saturated rings. The predicted octanol–water partition coefficient (Wildman–Crippen LogP) is 6.18. The summed E-state index contributed by atoms with van der Waals surface area (Å²) in [6.07, 6.45) is 8.40. The van der Waals surface area contributed by atoms with Crippen molar-refractivity contribution in [3.63, 3.8) is 0 Å². The van der Waals surface area contributed by atoms with Crippen molar-refractivity contribution in [3.8, 4) is 0 Å². The number of hydrogen-bond acceptors (Lipinski definition) is 2. The number of carboxylic acid groups (broad SMARTS) is 2. The fraction of sp³-hybridized carbons (Fsp3) is 0.875. The molecule has 0 aromatic rings. The van der Waals surface area contributed by atoms with Crippen molar-refractivity contribution in [3.05, 3.63) is 0 Å². The number of aliphatic carboxylic acids is 2. The Morgan fingerprint density at radius 2 is 0.833 bits per heavy atom. The highest BCUT2D eigenvalue weighted by atomic mass is 35.5. The monoisotopic (exact) mass is 422 g/mol. The first-order valence-corrected chi connectivity index (χ1v) is 9.74. The molecule has 0 atom stereocenters. The second-order valence-electron chi connectivity index (χ2n) is 6.18. The van der Waals surface area contributed by atoms with Crippen molar-refractivity contribution in [1.82, 2.24) is 0 Å². The van der Waals surface area contributed by atoms with E-state index in [9.17, 15) is 9.59 Å². The molecule has 2 N–H and O–H groups in total. The van der Waals surface area contributed by atoms with E-state index in [1.54, 1.807) is 0 Å². The number of alkyl halides is 4. The van der Waals surface area contributed by atoms with Gasteiger partial charge in [-0.2, -0.15) is 0 Å². The molecule has 0 saturated heterocycles. The van der Waals surface area contributed by atoms with Gasteiger partial charge in [0.25, 0.3) is 0 Å². The Bertz CT molecular complexity index is 350. The van der Waals surface area contributed by atoms with E-state index in [-0.39, 0.29) is 12.8 Å². The van der Waals surface area contributed by atoms with Gasteiger partial charge < -0.3 is 10.2 Å². The Hall–Kier alpha value is 0.1000. The second kappa shape index (κ2) is 12.5. The van der Waals surface area contributed by atoms with E-state index in [1.165, 1.54) is 0 Å². The smallest absolute Gasteiger partial charge is 0.306 e. The van der Waals surface area contributed by atoms with Crippen LogP contribution in [0.5, 0.6) is 0 Å². The summed E-state index contributed by atoms with van der Waals surface area (Å²) in [5.74, 6) is -1.97. The summed E-state index contributed by atoms with van der Waals surface area (Å²) in [7, 11) is 0. The second-order valence-corrected chi connectivity index (χ2v) is 9.46. The SMILES string of the molecule is O=C(O)CC(Cl)(Cl)CCCCCCCCCCC(Cl)(Cl)CC(=O)O. The summed E-state index contributed by atoms with van der Waals surface area (Å²) in [4.78, 5) is 21.2. The molecule has 24 heavy (non-hydrogen) atoms. The maximum Gasteiger partial charge on any atom is 0.306 e. The van der Waals surface area contributed by atoms with Crippen molar-refractivity contribution in [1.29, 1.82) is 0 Å². The molecule has 0 aromatic heterocycles. The minimum atomic E-state index is -1.17. The van der Waals surface area contributed by atoms with Crippen molar-refractivity contribution in [2.24, 2.45) is 0 Å². The van der Waals surface area contributed by atoms with Crippen LogP contribution in [0, 0.1) is 0 Å². The fourth-order valence-corrected chi connectivity index (χ4v) is 3.44. The number of rotatable bonds is 15. The van der Waals surface area contributed by atoms with Crippen LogP contribution in [0.3, 0.4) is 0 Å². The normalized spacial score (nSPS) is 12.3. The summed E-state index contributed by atoms with van der Waals surface area (Å²) in [5.41, 5.74) is 0. The molecule has 0 unspecified atom stereocenters. The zero-order chi connectivity index (χ0) is 18.6. The van der Waals surface area contributed by atoms with Gasteiger partial charge in [-0.05, 0) is 12.8 Å². The number of unbranched alkanes of at least 4 members (excludes halogenated alkanes) is 7. The zero-order valence-corrected chi connectivity index (χ0v) is 16.7. The van der Waals surface area contributed by atoms with Crippen LogP contribution in [0.2, 0.25) is 0 Å². The molecule has 0 radical (unpaired) electrons. The lowest BCUT2D eigenvalue weighted by Gasteiger charge is -2.17. The Kier molecular flexibility index (Phi) is 12.5. The molecule has 0 amide bonds. The van der Waals surface area contributed by atoms with E-state index >= 15 is 0 Å². The Labute approximate surface area is 163 Å². The summed E-state index contributed by atoms with van der Waals surface area (Å²) in [6.45, 7) is 0. The maximum absolute atomic E-state index is 10.6. The third-order valence-electron chi connectivity index (χ3n) is 3.65. The lowest BCUT2D eigenvalue weighted by molar-refractivity contribution is -0.138. The standard InChI is InChI=1S/C16H26Cl4O4/c17-15(18,11-13(21)22)9-7-5-3-1-2-4-6-8-10-16(19,20)12-14(23)24/h1-12H2,(H,21,22)(H,23,24). The number of carboxylic acids is 2. The van der Waals surface area contributed by atoms with E-state index in [4.69, 9.17) is 56.6 Å². The van der Waals surface area contributed by atoms with Crippen LogP contribution in [0.15, 0.2) is 0 Å². The largest absolute Gasteiger partial charge is 0.481 e. The third kappa shape index (κ3) is 15.6. The van der Waals surface area contributed by atoms with Gasteiger partial charge in [-0.15, -0.1) is 46.4 Å². The highest BCUT2D eigenvalue weighted by Crippen LogP contribution is 2.32.